The summed E-state index contributed by atoms with van der Waals surface area (Å²) < 4.78 is 7.28. The Morgan fingerprint density at radius 1 is 1.35 bits per heavy atom. The molecule has 2 fully saturated rings. The molecule has 1 saturated carbocycles. The van der Waals surface area contributed by atoms with Crippen molar-refractivity contribution in [1.29, 1.82) is 0 Å². The minimum absolute atomic E-state index is 0.0740. The van der Waals surface area contributed by atoms with Crippen LogP contribution in [-0.2, 0) is 0 Å². The zero-order chi connectivity index (χ0) is 16.0. The summed E-state index contributed by atoms with van der Waals surface area (Å²) in [5.74, 6) is 1.03. The maximum atomic E-state index is 12.7. The van der Waals surface area contributed by atoms with Crippen LogP contribution in [0.25, 0.3) is 0 Å². The van der Waals surface area contributed by atoms with Gasteiger partial charge in [0.2, 0.25) is 0 Å². The van der Waals surface area contributed by atoms with Crippen molar-refractivity contribution in [1.82, 2.24) is 29.8 Å². The number of carbonyl (C=O) groups excluding carboxylic acids is 1. The van der Waals surface area contributed by atoms with Crippen LogP contribution < -0.4 is 0 Å². The molecule has 0 aromatic carbocycles. The average molecular weight is 316 g/mol. The molecule has 1 saturated heterocycles. The van der Waals surface area contributed by atoms with Crippen molar-refractivity contribution >= 4 is 5.91 Å². The Bertz CT molecular complexity index is 691. The number of nitrogens with zero attached hydrogens (tertiary/aromatic N) is 6. The quantitative estimate of drug-likeness (QED) is 0.829. The Hall–Kier alpha value is -2.22. The van der Waals surface area contributed by atoms with Crippen molar-refractivity contribution in [3.8, 4) is 0 Å². The summed E-state index contributed by atoms with van der Waals surface area (Å²) >= 11 is 0. The molecule has 2 aromatic rings. The molecule has 8 heteroatoms. The molecule has 0 bridgehead atoms. The lowest BCUT2D eigenvalue weighted by Crippen LogP contribution is -2.37. The molecule has 122 valence electrons. The molecular formula is C15H20N6O2. The van der Waals surface area contributed by atoms with E-state index in [0.717, 1.165) is 12.8 Å². The van der Waals surface area contributed by atoms with Gasteiger partial charge in [-0.3, -0.25) is 4.79 Å². The summed E-state index contributed by atoms with van der Waals surface area (Å²) in [6.07, 6.45) is 7.21. The van der Waals surface area contributed by atoms with Crippen LogP contribution in [0.3, 0.4) is 0 Å². The first-order chi connectivity index (χ1) is 11.1. The highest BCUT2D eigenvalue weighted by Crippen LogP contribution is 2.39. The number of hydrogen-bond donors (Lipinski definition) is 0. The average Bonchev–Trinajstić information content (AvgIpc) is 3.03. The van der Waals surface area contributed by atoms with Gasteiger partial charge >= 0.3 is 0 Å². The summed E-state index contributed by atoms with van der Waals surface area (Å²) in [7, 11) is 4.04. The van der Waals surface area contributed by atoms with Crippen LogP contribution in [0.15, 0.2) is 23.1 Å². The molecule has 0 radical (unpaired) electrons. The van der Waals surface area contributed by atoms with Crippen molar-refractivity contribution in [2.75, 3.05) is 27.2 Å². The van der Waals surface area contributed by atoms with E-state index in [1.807, 2.05) is 29.9 Å². The Kier molecular flexibility index (Phi) is 3.41. The molecule has 1 aliphatic heterocycles. The van der Waals surface area contributed by atoms with Crippen LogP contribution in [0.4, 0.5) is 0 Å². The van der Waals surface area contributed by atoms with E-state index < -0.39 is 0 Å². The van der Waals surface area contributed by atoms with Crippen LogP contribution in [0, 0.1) is 0 Å². The summed E-state index contributed by atoms with van der Waals surface area (Å²) in [6.45, 7) is 1.23. The van der Waals surface area contributed by atoms with Crippen molar-refractivity contribution in [3.05, 3.63) is 30.2 Å². The first kappa shape index (κ1) is 14.4. The fraction of sp³-hybridized carbons (Fsp3) is 0.600. The van der Waals surface area contributed by atoms with Crippen LogP contribution in [-0.4, -0.2) is 68.9 Å². The predicted molar refractivity (Wildman–Crippen MR) is 80.9 cm³/mol. The van der Waals surface area contributed by atoms with E-state index in [2.05, 4.69) is 20.2 Å². The van der Waals surface area contributed by atoms with Crippen LogP contribution in [0.1, 0.15) is 41.2 Å². The third-order valence-corrected chi connectivity index (χ3v) is 4.66. The lowest BCUT2D eigenvalue weighted by molar-refractivity contribution is 0.0775. The maximum Gasteiger partial charge on any atom is 0.275 e. The van der Waals surface area contributed by atoms with Gasteiger partial charge in [-0.15, -0.1) is 5.10 Å². The molecule has 8 nitrogen and oxygen atoms in total. The Morgan fingerprint density at radius 2 is 2.17 bits per heavy atom. The summed E-state index contributed by atoms with van der Waals surface area (Å²) in [6, 6.07) is 0.279. The van der Waals surface area contributed by atoms with Gasteiger partial charge in [-0.25, -0.2) is 9.67 Å². The van der Waals surface area contributed by atoms with Crippen LogP contribution in [0.2, 0.25) is 0 Å². The maximum absolute atomic E-state index is 12.7. The van der Waals surface area contributed by atoms with E-state index in [9.17, 15) is 4.79 Å². The second-order valence-electron chi connectivity index (χ2n) is 6.54. The van der Waals surface area contributed by atoms with Crippen molar-refractivity contribution in [2.24, 2.45) is 0 Å². The highest BCUT2D eigenvalue weighted by Gasteiger charge is 2.39. The molecule has 23 heavy (non-hydrogen) atoms. The second kappa shape index (κ2) is 5.45. The SMILES string of the molecule is CN(C)[C@@H]1CN(C(=O)c2coc(C3CC3)n2)C[C@@H]1n1ccnn1. The van der Waals surface area contributed by atoms with E-state index in [1.165, 1.54) is 6.26 Å². The van der Waals surface area contributed by atoms with Gasteiger partial charge in [-0.05, 0) is 26.9 Å². The molecule has 0 spiro atoms. The van der Waals surface area contributed by atoms with Gasteiger partial charge in [-0.2, -0.15) is 0 Å². The van der Waals surface area contributed by atoms with Gasteiger partial charge in [0.05, 0.1) is 18.3 Å². The van der Waals surface area contributed by atoms with Gasteiger partial charge in [0.15, 0.2) is 11.6 Å². The van der Waals surface area contributed by atoms with Crippen LogP contribution in [0.5, 0.6) is 0 Å². The van der Waals surface area contributed by atoms with Crippen LogP contribution >= 0.6 is 0 Å². The summed E-state index contributed by atoms with van der Waals surface area (Å²) in [4.78, 5) is 21.0. The standard InChI is InChI=1S/C15H20N6O2/c1-19(2)12-7-20(8-13(12)21-6-5-16-18-21)15(22)11-9-23-14(17-11)10-3-4-10/h5-6,9-10,12-13H,3-4,7-8H2,1-2H3/t12-,13+/m1/s1. The van der Waals surface area contributed by atoms with Crippen molar-refractivity contribution < 1.29 is 9.21 Å². The molecule has 0 unspecified atom stereocenters. The Labute approximate surface area is 134 Å². The third kappa shape index (κ3) is 2.63. The number of likely N-dealkylation sites (N-methyl/N-ethyl adjacent to an activating group) is 1. The number of rotatable bonds is 4. The molecule has 4 rings (SSSR count). The summed E-state index contributed by atoms with van der Waals surface area (Å²) in [5, 5.41) is 7.98. The van der Waals surface area contributed by atoms with Gasteiger partial charge in [-0.1, -0.05) is 5.21 Å². The number of likely N-dealkylation sites (tertiary alicyclic amines) is 1. The molecule has 2 aromatic heterocycles. The minimum Gasteiger partial charge on any atom is -0.448 e. The Balaban J connectivity index is 1.53. The number of carbonyl (C=O) groups is 1. The van der Waals surface area contributed by atoms with Gasteiger partial charge in [0.1, 0.15) is 6.26 Å². The normalized spacial score (nSPS) is 24.6. The highest BCUT2D eigenvalue weighted by molar-refractivity contribution is 5.92. The topological polar surface area (TPSA) is 80.3 Å². The molecule has 1 amide bonds. The highest BCUT2D eigenvalue weighted by atomic mass is 16.3. The first-order valence-corrected chi connectivity index (χ1v) is 7.90. The van der Waals surface area contributed by atoms with Gasteiger partial charge < -0.3 is 14.2 Å². The van der Waals surface area contributed by atoms with Crippen molar-refractivity contribution in [3.63, 3.8) is 0 Å². The monoisotopic (exact) mass is 316 g/mol. The number of hydrogen-bond acceptors (Lipinski definition) is 6. The molecule has 0 N–H and O–H groups in total. The zero-order valence-corrected chi connectivity index (χ0v) is 13.3. The molecule has 3 heterocycles. The van der Waals surface area contributed by atoms with Crippen molar-refractivity contribution in [2.45, 2.75) is 30.8 Å². The van der Waals surface area contributed by atoms with E-state index in [-0.39, 0.29) is 18.0 Å². The summed E-state index contributed by atoms with van der Waals surface area (Å²) in [5.41, 5.74) is 0.406. The fourth-order valence-electron chi connectivity index (χ4n) is 3.16. The minimum atomic E-state index is -0.0740. The molecule has 1 aliphatic carbocycles. The first-order valence-electron chi connectivity index (χ1n) is 7.90. The van der Waals surface area contributed by atoms with E-state index in [4.69, 9.17) is 4.42 Å². The molecule has 2 atom stereocenters. The largest absolute Gasteiger partial charge is 0.448 e. The third-order valence-electron chi connectivity index (χ3n) is 4.66. The fourth-order valence-corrected chi connectivity index (χ4v) is 3.16. The van der Waals surface area contributed by atoms with Gasteiger partial charge in [0, 0.05) is 25.2 Å². The van der Waals surface area contributed by atoms with E-state index in [1.54, 1.807) is 6.20 Å². The second-order valence-corrected chi connectivity index (χ2v) is 6.54. The zero-order valence-electron chi connectivity index (χ0n) is 13.3. The molecular weight excluding hydrogens is 296 g/mol. The van der Waals surface area contributed by atoms with Gasteiger partial charge in [0.25, 0.3) is 5.91 Å². The number of amides is 1. The predicted octanol–water partition coefficient (Wildman–Crippen LogP) is 0.771. The molecule has 2 aliphatic rings. The number of oxazole rings is 1. The smallest absolute Gasteiger partial charge is 0.275 e. The number of aromatic nitrogens is 4. The lowest BCUT2D eigenvalue weighted by Gasteiger charge is -2.24. The lowest BCUT2D eigenvalue weighted by atomic mass is 10.1. The van der Waals surface area contributed by atoms with E-state index in [0.29, 0.717) is 30.6 Å². The van der Waals surface area contributed by atoms with E-state index >= 15 is 0 Å². The Morgan fingerprint density at radius 3 is 2.83 bits per heavy atom.